The summed E-state index contributed by atoms with van der Waals surface area (Å²) < 4.78 is 24.2. The number of thioether (sulfide) groups is 1. The molecule has 0 amide bonds. The molecule has 0 unspecified atom stereocenters. The third-order valence-corrected chi connectivity index (χ3v) is 5.19. The average molecular weight is 334 g/mol. The highest BCUT2D eigenvalue weighted by Gasteiger charge is 2.11. The summed E-state index contributed by atoms with van der Waals surface area (Å²) in [5.74, 6) is 1.09. The van der Waals surface area contributed by atoms with Gasteiger partial charge in [-0.25, -0.2) is 13.4 Å². The second kappa shape index (κ2) is 6.05. The summed E-state index contributed by atoms with van der Waals surface area (Å²) in [4.78, 5) is 8.61. The predicted molar refractivity (Wildman–Crippen MR) is 86.7 cm³/mol. The van der Waals surface area contributed by atoms with Gasteiger partial charge >= 0.3 is 0 Å². The molecule has 0 N–H and O–H groups in total. The van der Waals surface area contributed by atoms with Crippen molar-refractivity contribution in [3.8, 4) is 11.3 Å². The zero-order valence-electron chi connectivity index (χ0n) is 11.9. The van der Waals surface area contributed by atoms with Crippen molar-refractivity contribution in [3.05, 3.63) is 42.7 Å². The van der Waals surface area contributed by atoms with Crippen LogP contribution in [-0.2, 0) is 9.84 Å². The van der Waals surface area contributed by atoms with Crippen LogP contribution in [0.25, 0.3) is 17.0 Å². The Morgan fingerprint density at radius 1 is 1.23 bits per heavy atom. The number of benzene rings is 1. The summed E-state index contributed by atoms with van der Waals surface area (Å²) >= 11 is 1.43. The summed E-state index contributed by atoms with van der Waals surface area (Å²) in [6.45, 7) is 0. The highest BCUT2D eigenvalue weighted by atomic mass is 32.2. The second-order valence-corrected chi connectivity index (χ2v) is 8.17. The number of aromatic nitrogens is 4. The molecule has 0 bridgehead atoms. The zero-order chi connectivity index (χ0) is 15.6. The Kier molecular flexibility index (Phi) is 4.12. The molecular formula is C14H14N4O2S2. The molecular weight excluding hydrogens is 320 g/mol. The van der Waals surface area contributed by atoms with Crippen molar-refractivity contribution in [2.45, 2.75) is 5.03 Å². The maximum absolute atomic E-state index is 11.3. The van der Waals surface area contributed by atoms with Gasteiger partial charge in [0.05, 0.1) is 11.4 Å². The molecule has 2 heterocycles. The molecule has 1 aromatic carbocycles. The number of hydrogen-bond acceptors (Lipinski definition) is 6. The Hall–Kier alpha value is -1.93. The lowest BCUT2D eigenvalue weighted by molar-refractivity contribution is 0.603. The lowest BCUT2D eigenvalue weighted by Gasteiger charge is -2.07. The Balaban J connectivity index is 1.96. The van der Waals surface area contributed by atoms with E-state index in [1.165, 1.54) is 24.3 Å². The molecule has 0 saturated carbocycles. The summed E-state index contributed by atoms with van der Waals surface area (Å²) in [7, 11) is -2.98. The fourth-order valence-electron chi connectivity index (χ4n) is 1.94. The van der Waals surface area contributed by atoms with Gasteiger partial charge in [0.25, 0.3) is 5.78 Å². The highest BCUT2D eigenvalue weighted by molar-refractivity contribution is 8.00. The first-order valence-electron chi connectivity index (χ1n) is 6.60. The average Bonchev–Trinajstić information content (AvgIpc) is 2.95. The van der Waals surface area contributed by atoms with Crippen LogP contribution in [0.3, 0.4) is 0 Å². The first-order valence-corrected chi connectivity index (χ1v) is 9.64. The minimum absolute atomic E-state index is 0.122. The van der Waals surface area contributed by atoms with Crippen LogP contribution < -0.4 is 0 Å². The number of hydrogen-bond donors (Lipinski definition) is 0. The van der Waals surface area contributed by atoms with Gasteiger partial charge in [0.1, 0.15) is 21.2 Å². The SMILES string of the molecule is CS(=O)(=O)CCSc1cc(-c2ccccc2)nc2ncnn12. The van der Waals surface area contributed by atoms with Gasteiger partial charge in [-0.2, -0.15) is 14.6 Å². The summed E-state index contributed by atoms with van der Waals surface area (Å²) in [5, 5.41) is 4.97. The van der Waals surface area contributed by atoms with Crippen LogP contribution in [0.2, 0.25) is 0 Å². The van der Waals surface area contributed by atoms with Crippen molar-refractivity contribution < 1.29 is 8.42 Å². The summed E-state index contributed by atoms with van der Waals surface area (Å²) in [6, 6.07) is 11.7. The molecule has 0 aliphatic carbocycles. The van der Waals surface area contributed by atoms with E-state index < -0.39 is 9.84 Å². The molecule has 3 aromatic rings. The Morgan fingerprint density at radius 2 is 2.00 bits per heavy atom. The number of nitrogens with zero attached hydrogens (tertiary/aromatic N) is 4. The Labute approximate surface area is 132 Å². The van der Waals surface area contributed by atoms with Crippen molar-refractivity contribution in [1.29, 1.82) is 0 Å². The monoisotopic (exact) mass is 334 g/mol. The number of fused-ring (bicyclic) bond motifs is 1. The van der Waals surface area contributed by atoms with Crippen molar-refractivity contribution in [2.24, 2.45) is 0 Å². The van der Waals surface area contributed by atoms with E-state index in [1.54, 1.807) is 4.52 Å². The minimum Gasteiger partial charge on any atom is -0.229 e. The van der Waals surface area contributed by atoms with E-state index in [2.05, 4.69) is 15.1 Å². The number of sulfone groups is 1. The third-order valence-electron chi connectivity index (χ3n) is 2.99. The topological polar surface area (TPSA) is 77.2 Å². The molecule has 0 radical (unpaired) electrons. The van der Waals surface area contributed by atoms with Crippen LogP contribution in [0.1, 0.15) is 0 Å². The lowest BCUT2D eigenvalue weighted by Crippen LogP contribution is -2.06. The quantitative estimate of drug-likeness (QED) is 0.524. The molecule has 114 valence electrons. The molecule has 2 aromatic heterocycles. The van der Waals surface area contributed by atoms with E-state index >= 15 is 0 Å². The van der Waals surface area contributed by atoms with Crippen LogP contribution >= 0.6 is 11.8 Å². The van der Waals surface area contributed by atoms with E-state index in [0.717, 1.165) is 16.3 Å². The Morgan fingerprint density at radius 3 is 2.73 bits per heavy atom. The first kappa shape index (κ1) is 15.0. The molecule has 0 spiro atoms. The normalized spacial score (nSPS) is 11.9. The number of rotatable bonds is 5. The predicted octanol–water partition coefficient (Wildman–Crippen LogP) is 1.93. The maximum Gasteiger partial charge on any atom is 0.253 e. The van der Waals surface area contributed by atoms with E-state index in [0.29, 0.717) is 11.5 Å². The van der Waals surface area contributed by atoms with Gasteiger partial charge in [-0.1, -0.05) is 30.3 Å². The third kappa shape index (κ3) is 3.45. The molecule has 0 aliphatic rings. The summed E-state index contributed by atoms with van der Waals surface area (Å²) in [6.07, 6.45) is 2.68. The van der Waals surface area contributed by atoms with Gasteiger partial charge in [0.2, 0.25) is 0 Å². The smallest absolute Gasteiger partial charge is 0.229 e. The second-order valence-electron chi connectivity index (χ2n) is 4.80. The lowest BCUT2D eigenvalue weighted by atomic mass is 10.1. The van der Waals surface area contributed by atoms with Crippen LogP contribution in [0.15, 0.2) is 47.8 Å². The molecule has 0 atom stereocenters. The van der Waals surface area contributed by atoms with Gasteiger partial charge in [-0.15, -0.1) is 11.8 Å². The summed E-state index contributed by atoms with van der Waals surface area (Å²) in [5.41, 5.74) is 1.78. The fourth-order valence-corrected chi connectivity index (χ4v) is 4.14. The van der Waals surface area contributed by atoms with E-state index in [1.807, 2.05) is 36.4 Å². The molecule has 22 heavy (non-hydrogen) atoms. The van der Waals surface area contributed by atoms with Crippen molar-refractivity contribution in [3.63, 3.8) is 0 Å². The van der Waals surface area contributed by atoms with Crippen LogP contribution in [0, 0.1) is 0 Å². The van der Waals surface area contributed by atoms with Crippen molar-refractivity contribution in [2.75, 3.05) is 17.8 Å². The van der Waals surface area contributed by atoms with Crippen LogP contribution in [0.4, 0.5) is 0 Å². The molecule has 8 heteroatoms. The minimum atomic E-state index is -2.98. The van der Waals surface area contributed by atoms with E-state index in [-0.39, 0.29) is 5.75 Å². The van der Waals surface area contributed by atoms with Gasteiger partial charge in [0.15, 0.2) is 0 Å². The van der Waals surface area contributed by atoms with Crippen molar-refractivity contribution >= 4 is 27.4 Å². The van der Waals surface area contributed by atoms with Gasteiger partial charge in [-0.3, -0.25) is 0 Å². The van der Waals surface area contributed by atoms with E-state index in [4.69, 9.17) is 0 Å². The maximum atomic E-state index is 11.3. The molecule has 0 aliphatic heterocycles. The van der Waals surface area contributed by atoms with Crippen molar-refractivity contribution in [1.82, 2.24) is 19.6 Å². The van der Waals surface area contributed by atoms with Gasteiger partial charge in [0, 0.05) is 17.6 Å². The fraction of sp³-hybridized carbons (Fsp3) is 0.214. The Bertz CT molecular complexity index is 892. The van der Waals surface area contributed by atoms with Crippen LogP contribution in [-0.4, -0.2) is 45.8 Å². The first-order chi connectivity index (χ1) is 10.5. The molecule has 6 nitrogen and oxygen atoms in total. The highest BCUT2D eigenvalue weighted by Crippen LogP contribution is 2.24. The largest absolute Gasteiger partial charge is 0.253 e. The molecule has 0 fully saturated rings. The van der Waals surface area contributed by atoms with Gasteiger partial charge < -0.3 is 0 Å². The molecule has 0 saturated heterocycles. The standard InChI is InChI=1S/C14H14N4O2S2/c1-22(19,20)8-7-21-13-9-12(11-5-3-2-4-6-11)17-14-15-10-16-18(13)14/h2-6,9-10H,7-8H2,1H3. The van der Waals surface area contributed by atoms with Gasteiger partial charge in [-0.05, 0) is 6.07 Å². The van der Waals surface area contributed by atoms with Crippen LogP contribution in [0.5, 0.6) is 0 Å². The van der Waals surface area contributed by atoms with E-state index in [9.17, 15) is 8.42 Å². The molecule has 3 rings (SSSR count). The zero-order valence-corrected chi connectivity index (χ0v) is 13.5.